The van der Waals surface area contributed by atoms with Crippen molar-refractivity contribution in [2.24, 2.45) is 0 Å². The van der Waals surface area contributed by atoms with Gasteiger partial charge in [0.1, 0.15) is 0 Å². The summed E-state index contributed by atoms with van der Waals surface area (Å²) in [5, 5.41) is 8.81. The van der Waals surface area contributed by atoms with Gasteiger partial charge in [0.05, 0.1) is 11.5 Å². The summed E-state index contributed by atoms with van der Waals surface area (Å²) in [5.41, 5.74) is 6.64. The Balaban J connectivity index is 3.08. The minimum atomic E-state index is -3.58. The summed E-state index contributed by atoms with van der Waals surface area (Å²) in [6, 6.07) is 4.07. The second-order valence-corrected chi connectivity index (χ2v) is 5.41. The van der Waals surface area contributed by atoms with E-state index in [0.29, 0.717) is 11.3 Å². The van der Waals surface area contributed by atoms with Gasteiger partial charge in [0.2, 0.25) is 10.0 Å². The first-order valence-electron chi connectivity index (χ1n) is 4.86. The molecule has 0 radical (unpaired) electrons. The van der Waals surface area contributed by atoms with Crippen LogP contribution in [0, 0.1) is 6.92 Å². The van der Waals surface area contributed by atoms with E-state index in [1.54, 1.807) is 19.9 Å². The Bertz CT molecular complexity index is 471. The second kappa shape index (κ2) is 4.82. The highest BCUT2D eigenvalue weighted by Gasteiger charge is 2.18. The Kier molecular flexibility index (Phi) is 3.90. The highest BCUT2D eigenvalue weighted by atomic mass is 32.2. The predicted octanol–water partition coefficient (Wildman–Crippen LogP) is 0.236. The van der Waals surface area contributed by atoms with Gasteiger partial charge in [0, 0.05) is 11.7 Å². The molecule has 0 fully saturated rings. The van der Waals surface area contributed by atoms with E-state index in [1.165, 1.54) is 12.1 Å². The molecule has 0 saturated heterocycles. The van der Waals surface area contributed by atoms with Crippen LogP contribution in [0.25, 0.3) is 0 Å². The molecular formula is C10H16N2O3S. The maximum atomic E-state index is 11.9. The molecule has 0 spiro atoms. The van der Waals surface area contributed by atoms with Crippen molar-refractivity contribution >= 4 is 15.7 Å². The second-order valence-electron chi connectivity index (χ2n) is 3.73. The molecule has 1 aromatic carbocycles. The van der Waals surface area contributed by atoms with Crippen molar-refractivity contribution in [3.05, 3.63) is 23.8 Å². The molecule has 0 aliphatic rings. The third-order valence-electron chi connectivity index (χ3n) is 2.12. The number of aliphatic hydroxyl groups excluding tert-OH is 1. The zero-order chi connectivity index (χ0) is 12.3. The smallest absolute Gasteiger partial charge is 0.241 e. The van der Waals surface area contributed by atoms with E-state index in [4.69, 9.17) is 10.8 Å². The van der Waals surface area contributed by atoms with E-state index in [2.05, 4.69) is 4.72 Å². The number of sulfonamides is 1. The lowest BCUT2D eigenvalue weighted by Gasteiger charge is -2.13. The van der Waals surface area contributed by atoms with E-state index >= 15 is 0 Å². The fraction of sp³-hybridized carbons (Fsp3) is 0.400. The van der Waals surface area contributed by atoms with Gasteiger partial charge in [-0.25, -0.2) is 13.1 Å². The fourth-order valence-corrected chi connectivity index (χ4v) is 2.80. The van der Waals surface area contributed by atoms with Crippen molar-refractivity contribution in [3.8, 4) is 0 Å². The zero-order valence-corrected chi connectivity index (χ0v) is 10.1. The van der Waals surface area contributed by atoms with E-state index in [0.717, 1.165) is 0 Å². The van der Waals surface area contributed by atoms with Crippen LogP contribution in [0.1, 0.15) is 12.5 Å². The van der Waals surface area contributed by atoms with Crippen LogP contribution in [0.5, 0.6) is 0 Å². The molecule has 16 heavy (non-hydrogen) atoms. The largest absolute Gasteiger partial charge is 0.399 e. The highest BCUT2D eigenvalue weighted by Crippen LogP contribution is 2.17. The van der Waals surface area contributed by atoms with Crippen molar-refractivity contribution in [2.75, 3.05) is 12.3 Å². The average Bonchev–Trinajstić information content (AvgIpc) is 2.16. The van der Waals surface area contributed by atoms with Crippen LogP contribution < -0.4 is 10.5 Å². The molecule has 0 saturated carbocycles. The Morgan fingerprint density at radius 3 is 2.62 bits per heavy atom. The molecule has 1 aromatic rings. The van der Waals surface area contributed by atoms with Crippen LogP contribution >= 0.6 is 0 Å². The average molecular weight is 244 g/mol. The van der Waals surface area contributed by atoms with Gasteiger partial charge < -0.3 is 10.8 Å². The summed E-state index contributed by atoms with van der Waals surface area (Å²) in [5.74, 6) is 0. The molecule has 1 unspecified atom stereocenters. The number of anilines is 1. The molecule has 0 bridgehead atoms. The summed E-state index contributed by atoms with van der Waals surface area (Å²) in [6.07, 6.45) is 0. The summed E-state index contributed by atoms with van der Waals surface area (Å²) in [6.45, 7) is 3.02. The number of nitrogens with one attached hydrogen (secondary N) is 1. The monoisotopic (exact) mass is 244 g/mol. The van der Waals surface area contributed by atoms with Crippen molar-refractivity contribution in [2.45, 2.75) is 24.8 Å². The van der Waals surface area contributed by atoms with Crippen molar-refractivity contribution < 1.29 is 13.5 Å². The molecule has 0 aliphatic heterocycles. The minimum Gasteiger partial charge on any atom is -0.399 e. The molecule has 1 atom stereocenters. The third kappa shape index (κ3) is 2.94. The summed E-state index contributed by atoms with van der Waals surface area (Å²) >= 11 is 0. The number of hydrogen-bond donors (Lipinski definition) is 3. The fourth-order valence-electron chi connectivity index (χ4n) is 1.34. The standard InChI is InChI=1S/C10H16N2O3S/c1-7-5-9(11)3-4-10(7)16(14,15)12-8(2)6-13/h3-5,8,12-13H,6,11H2,1-2H3. The van der Waals surface area contributed by atoms with Crippen LogP contribution in [0.3, 0.4) is 0 Å². The van der Waals surface area contributed by atoms with E-state index in [-0.39, 0.29) is 11.5 Å². The molecule has 6 heteroatoms. The van der Waals surface area contributed by atoms with Gasteiger partial charge in [-0.1, -0.05) is 0 Å². The SMILES string of the molecule is Cc1cc(N)ccc1S(=O)(=O)NC(C)CO. The minimum absolute atomic E-state index is 0.182. The van der Waals surface area contributed by atoms with Crippen LogP contribution in [-0.4, -0.2) is 26.2 Å². The first kappa shape index (κ1) is 13.0. The molecular weight excluding hydrogens is 228 g/mol. The van der Waals surface area contributed by atoms with Gasteiger partial charge in [0.15, 0.2) is 0 Å². The predicted molar refractivity (Wildman–Crippen MR) is 62.5 cm³/mol. The number of benzene rings is 1. The van der Waals surface area contributed by atoms with Gasteiger partial charge in [-0.05, 0) is 37.6 Å². The van der Waals surface area contributed by atoms with Gasteiger partial charge in [-0.3, -0.25) is 0 Å². The molecule has 0 heterocycles. The summed E-state index contributed by atoms with van der Waals surface area (Å²) in [4.78, 5) is 0.182. The number of hydrogen-bond acceptors (Lipinski definition) is 4. The molecule has 1 rings (SSSR count). The molecule has 0 aliphatic carbocycles. The highest BCUT2D eigenvalue weighted by molar-refractivity contribution is 7.89. The maximum Gasteiger partial charge on any atom is 0.241 e. The third-order valence-corrected chi connectivity index (χ3v) is 3.87. The van der Waals surface area contributed by atoms with Gasteiger partial charge in [0.25, 0.3) is 0 Å². The Hall–Kier alpha value is -1.11. The van der Waals surface area contributed by atoms with Crippen LogP contribution in [0.4, 0.5) is 5.69 Å². The zero-order valence-electron chi connectivity index (χ0n) is 9.27. The lowest BCUT2D eigenvalue weighted by molar-refractivity contribution is 0.265. The number of nitrogens with two attached hydrogens (primary N) is 1. The number of aryl methyl sites for hydroxylation is 1. The van der Waals surface area contributed by atoms with E-state index < -0.39 is 16.1 Å². The first-order chi connectivity index (χ1) is 7.36. The Morgan fingerprint density at radius 2 is 2.12 bits per heavy atom. The number of nitrogen functional groups attached to an aromatic ring is 1. The van der Waals surface area contributed by atoms with Gasteiger partial charge in [-0.2, -0.15) is 0 Å². The van der Waals surface area contributed by atoms with Gasteiger partial charge >= 0.3 is 0 Å². The molecule has 0 aromatic heterocycles. The van der Waals surface area contributed by atoms with Crippen LogP contribution in [0.2, 0.25) is 0 Å². The lowest BCUT2D eigenvalue weighted by atomic mass is 10.2. The molecule has 0 amide bonds. The van der Waals surface area contributed by atoms with Crippen molar-refractivity contribution in [3.63, 3.8) is 0 Å². The molecule has 90 valence electrons. The van der Waals surface area contributed by atoms with Crippen molar-refractivity contribution in [1.82, 2.24) is 4.72 Å². The summed E-state index contributed by atoms with van der Waals surface area (Å²) in [7, 11) is -3.58. The molecule has 5 nitrogen and oxygen atoms in total. The Morgan fingerprint density at radius 1 is 1.50 bits per heavy atom. The maximum absolute atomic E-state index is 11.9. The number of aliphatic hydroxyl groups is 1. The summed E-state index contributed by atoms with van der Waals surface area (Å²) < 4.78 is 26.1. The van der Waals surface area contributed by atoms with E-state index in [9.17, 15) is 8.42 Å². The van der Waals surface area contributed by atoms with Crippen LogP contribution in [0.15, 0.2) is 23.1 Å². The quantitative estimate of drug-likeness (QED) is 0.661. The van der Waals surface area contributed by atoms with Gasteiger partial charge in [-0.15, -0.1) is 0 Å². The topological polar surface area (TPSA) is 92.4 Å². The number of rotatable bonds is 4. The normalized spacial score (nSPS) is 13.7. The van der Waals surface area contributed by atoms with Crippen molar-refractivity contribution in [1.29, 1.82) is 0 Å². The lowest BCUT2D eigenvalue weighted by Crippen LogP contribution is -2.35. The first-order valence-corrected chi connectivity index (χ1v) is 6.34. The van der Waals surface area contributed by atoms with E-state index in [1.807, 2.05) is 0 Å². The Labute approximate surface area is 95.3 Å². The molecule has 4 N–H and O–H groups in total. The van der Waals surface area contributed by atoms with Crippen LogP contribution in [-0.2, 0) is 10.0 Å².